The highest BCUT2D eigenvalue weighted by Gasteiger charge is 2.11. The molecule has 0 heterocycles. The molecule has 3 N–H and O–H groups in total. The highest BCUT2D eigenvalue weighted by atomic mass is 127. The number of hydrogen-bond acceptors (Lipinski definition) is 2. The summed E-state index contributed by atoms with van der Waals surface area (Å²) in [5.74, 6) is -1.09. The van der Waals surface area contributed by atoms with Gasteiger partial charge in [0.15, 0.2) is 0 Å². The zero-order valence-corrected chi connectivity index (χ0v) is 12.4. The Morgan fingerprint density at radius 1 is 0.950 bits per heavy atom. The summed E-state index contributed by atoms with van der Waals surface area (Å²) in [6.07, 6.45) is 0. The lowest BCUT2D eigenvalue weighted by Crippen LogP contribution is -2.20. The average molecular weight is 382 g/mol. The van der Waals surface area contributed by atoms with Crippen LogP contribution in [0.15, 0.2) is 48.5 Å². The summed E-state index contributed by atoms with van der Waals surface area (Å²) < 4.78 is 1.06. The molecule has 0 aromatic heterocycles. The van der Waals surface area contributed by atoms with E-state index >= 15 is 0 Å². The zero-order chi connectivity index (χ0) is 14.5. The van der Waals surface area contributed by atoms with Crippen molar-refractivity contribution in [1.82, 2.24) is 0 Å². The van der Waals surface area contributed by atoms with E-state index < -0.39 is 12.0 Å². The third-order valence-corrected chi connectivity index (χ3v) is 3.23. The van der Waals surface area contributed by atoms with Gasteiger partial charge in [-0.25, -0.2) is 9.59 Å². The van der Waals surface area contributed by atoms with Crippen molar-refractivity contribution in [3.05, 3.63) is 57.7 Å². The van der Waals surface area contributed by atoms with Crippen molar-refractivity contribution < 1.29 is 14.7 Å². The summed E-state index contributed by atoms with van der Waals surface area (Å²) in [7, 11) is 0. The van der Waals surface area contributed by atoms with Gasteiger partial charge in [0, 0.05) is 9.26 Å². The summed E-state index contributed by atoms with van der Waals surface area (Å²) in [6, 6.07) is 13.0. The second-order valence-electron chi connectivity index (χ2n) is 3.94. The zero-order valence-electron chi connectivity index (χ0n) is 10.3. The highest BCUT2D eigenvalue weighted by Crippen LogP contribution is 2.16. The van der Waals surface area contributed by atoms with Crippen molar-refractivity contribution in [1.29, 1.82) is 0 Å². The number of anilines is 2. The number of para-hydroxylation sites is 1. The van der Waals surface area contributed by atoms with E-state index in [4.69, 9.17) is 5.11 Å². The summed E-state index contributed by atoms with van der Waals surface area (Å²) in [5.41, 5.74) is 0.934. The van der Waals surface area contributed by atoms with Gasteiger partial charge >= 0.3 is 12.0 Å². The number of benzene rings is 2. The molecule has 20 heavy (non-hydrogen) atoms. The third kappa shape index (κ3) is 3.70. The van der Waals surface area contributed by atoms with Crippen LogP contribution in [0.25, 0.3) is 0 Å². The van der Waals surface area contributed by atoms with Crippen molar-refractivity contribution in [2.75, 3.05) is 10.6 Å². The molecule has 0 aliphatic carbocycles. The van der Waals surface area contributed by atoms with Crippen LogP contribution in [0.5, 0.6) is 0 Å². The lowest BCUT2D eigenvalue weighted by molar-refractivity contribution is 0.0698. The minimum Gasteiger partial charge on any atom is -0.478 e. The minimum atomic E-state index is -1.09. The van der Waals surface area contributed by atoms with E-state index in [2.05, 4.69) is 33.2 Å². The Balaban J connectivity index is 2.08. The molecule has 102 valence electrons. The Morgan fingerprint density at radius 3 is 2.25 bits per heavy atom. The first kappa shape index (κ1) is 14.3. The maximum absolute atomic E-state index is 11.8. The predicted molar refractivity (Wildman–Crippen MR) is 85.2 cm³/mol. The van der Waals surface area contributed by atoms with E-state index in [0.717, 1.165) is 3.57 Å². The fourth-order valence-electron chi connectivity index (χ4n) is 1.60. The van der Waals surface area contributed by atoms with Crippen LogP contribution < -0.4 is 10.6 Å². The number of amides is 2. The smallest absolute Gasteiger partial charge is 0.337 e. The maximum Gasteiger partial charge on any atom is 0.337 e. The highest BCUT2D eigenvalue weighted by molar-refractivity contribution is 14.1. The van der Waals surface area contributed by atoms with Crippen LogP contribution in [0.2, 0.25) is 0 Å². The molecule has 6 heteroatoms. The molecule has 2 rings (SSSR count). The second-order valence-corrected chi connectivity index (χ2v) is 5.18. The number of aromatic carboxylic acids is 1. The third-order valence-electron chi connectivity index (χ3n) is 2.51. The summed E-state index contributed by atoms with van der Waals surface area (Å²) >= 11 is 2.17. The fourth-order valence-corrected chi connectivity index (χ4v) is 1.96. The number of rotatable bonds is 3. The molecule has 2 amide bonds. The number of carbonyl (C=O) groups excluding carboxylic acids is 1. The van der Waals surface area contributed by atoms with Crippen molar-refractivity contribution >= 4 is 46.0 Å². The van der Waals surface area contributed by atoms with Gasteiger partial charge in [-0.1, -0.05) is 12.1 Å². The lowest BCUT2D eigenvalue weighted by atomic mass is 10.2. The number of nitrogens with one attached hydrogen (secondary N) is 2. The number of hydrogen-bond donors (Lipinski definition) is 3. The first-order valence-electron chi connectivity index (χ1n) is 5.72. The van der Waals surface area contributed by atoms with Crippen LogP contribution in [0, 0.1) is 3.57 Å². The van der Waals surface area contributed by atoms with Crippen molar-refractivity contribution in [3.8, 4) is 0 Å². The molecule has 0 saturated carbocycles. The van der Waals surface area contributed by atoms with Gasteiger partial charge in [-0.3, -0.25) is 0 Å². The second kappa shape index (κ2) is 6.38. The lowest BCUT2D eigenvalue weighted by Gasteiger charge is -2.09. The molecular formula is C14H11IN2O3. The summed E-state index contributed by atoms with van der Waals surface area (Å²) in [5, 5.41) is 14.2. The van der Waals surface area contributed by atoms with Crippen molar-refractivity contribution in [3.63, 3.8) is 0 Å². The standard InChI is InChI=1S/C14H11IN2O3/c15-9-5-7-10(8-6-9)16-14(20)17-12-4-2-1-3-11(12)13(18)19/h1-8H,(H,18,19)(H2,16,17,20). The fraction of sp³-hybridized carbons (Fsp3) is 0. The molecule has 0 fully saturated rings. The Bertz CT molecular complexity index is 641. The van der Waals surface area contributed by atoms with Crippen LogP contribution in [0.4, 0.5) is 16.2 Å². The normalized spacial score (nSPS) is 9.85. The molecular weight excluding hydrogens is 371 g/mol. The van der Waals surface area contributed by atoms with Gasteiger partial charge in [-0.15, -0.1) is 0 Å². The largest absolute Gasteiger partial charge is 0.478 e. The van der Waals surface area contributed by atoms with E-state index in [9.17, 15) is 9.59 Å². The molecule has 0 bridgehead atoms. The van der Waals surface area contributed by atoms with Crippen LogP contribution in [0.1, 0.15) is 10.4 Å². The number of carboxylic acids is 1. The monoisotopic (exact) mass is 382 g/mol. The van der Waals surface area contributed by atoms with Gasteiger partial charge < -0.3 is 15.7 Å². The minimum absolute atomic E-state index is 0.0465. The predicted octanol–water partition coefficient (Wildman–Crippen LogP) is 3.63. The molecule has 2 aromatic rings. The van der Waals surface area contributed by atoms with Gasteiger partial charge in [0.05, 0.1) is 11.3 Å². The number of urea groups is 1. The number of carbonyl (C=O) groups is 2. The summed E-state index contributed by atoms with van der Waals surface area (Å²) in [6.45, 7) is 0. The average Bonchev–Trinajstić information content (AvgIpc) is 2.41. The SMILES string of the molecule is O=C(Nc1ccc(I)cc1)Nc1ccccc1C(=O)O. The topological polar surface area (TPSA) is 78.4 Å². The summed E-state index contributed by atoms with van der Waals surface area (Å²) in [4.78, 5) is 22.9. The molecule has 5 nitrogen and oxygen atoms in total. The molecule has 0 saturated heterocycles. The van der Waals surface area contributed by atoms with E-state index in [1.807, 2.05) is 12.1 Å². The van der Waals surface area contributed by atoms with E-state index in [0.29, 0.717) is 5.69 Å². The van der Waals surface area contributed by atoms with Gasteiger partial charge in [0.25, 0.3) is 0 Å². The Labute approximate surface area is 129 Å². The van der Waals surface area contributed by atoms with E-state index in [1.165, 1.54) is 12.1 Å². The first-order valence-corrected chi connectivity index (χ1v) is 6.80. The molecule has 0 aliphatic rings. The van der Waals surface area contributed by atoms with E-state index in [-0.39, 0.29) is 11.3 Å². The van der Waals surface area contributed by atoms with Gasteiger partial charge in [-0.05, 0) is 59.0 Å². The molecule has 2 aromatic carbocycles. The molecule has 0 radical (unpaired) electrons. The maximum atomic E-state index is 11.8. The van der Waals surface area contributed by atoms with Crippen molar-refractivity contribution in [2.45, 2.75) is 0 Å². The first-order chi connectivity index (χ1) is 9.56. The Morgan fingerprint density at radius 2 is 1.60 bits per heavy atom. The molecule has 0 spiro atoms. The van der Waals surface area contributed by atoms with E-state index in [1.54, 1.807) is 24.3 Å². The van der Waals surface area contributed by atoms with Crippen LogP contribution in [-0.4, -0.2) is 17.1 Å². The molecule has 0 atom stereocenters. The Kier molecular flexibility index (Phi) is 4.57. The number of halogens is 1. The van der Waals surface area contributed by atoms with Crippen LogP contribution in [-0.2, 0) is 0 Å². The van der Waals surface area contributed by atoms with Gasteiger partial charge in [0.1, 0.15) is 0 Å². The van der Waals surface area contributed by atoms with Gasteiger partial charge in [-0.2, -0.15) is 0 Å². The Hall–Kier alpha value is -2.09. The van der Waals surface area contributed by atoms with Crippen LogP contribution >= 0.6 is 22.6 Å². The van der Waals surface area contributed by atoms with Crippen LogP contribution in [0.3, 0.4) is 0 Å². The molecule has 0 unspecified atom stereocenters. The molecule has 0 aliphatic heterocycles. The quantitative estimate of drug-likeness (QED) is 0.710. The van der Waals surface area contributed by atoms with Crippen molar-refractivity contribution in [2.24, 2.45) is 0 Å². The number of carboxylic acid groups (broad SMARTS) is 1. The van der Waals surface area contributed by atoms with Gasteiger partial charge in [0.2, 0.25) is 0 Å².